The van der Waals surface area contributed by atoms with Gasteiger partial charge in [-0.15, -0.1) is 24.0 Å². The molecule has 0 radical (unpaired) electrons. The molecule has 1 aromatic carbocycles. The van der Waals surface area contributed by atoms with Gasteiger partial charge in [-0.3, -0.25) is 4.99 Å². The van der Waals surface area contributed by atoms with E-state index in [1.54, 1.807) is 0 Å². The van der Waals surface area contributed by atoms with E-state index < -0.39 is 9.84 Å². The molecule has 1 saturated heterocycles. The standard InChI is InChI=1S/C19H31N3O4S.HI/c1-4-20-19(21-9-11-25-13-14-27(3,23)24)22-10-12-26-18(15-22)17-8-6-5-7-16(17)2;/h5-8,18H,4,9-15H2,1-3H3,(H,20,21);1H. The van der Waals surface area contributed by atoms with Crippen molar-refractivity contribution in [1.82, 2.24) is 10.2 Å². The minimum atomic E-state index is -2.98. The summed E-state index contributed by atoms with van der Waals surface area (Å²) in [5.41, 5.74) is 2.44. The van der Waals surface area contributed by atoms with Crippen molar-refractivity contribution in [3.8, 4) is 0 Å². The van der Waals surface area contributed by atoms with Gasteiger partial charge in [0.1, 0.15) is 15.9 Å². The first-order valence-corrected chi connectivity index (χ1v) is 11.4. The highest BCUT2D eigenvalue weighted by atomic mass is 127. The van der Waals surface area contributed by atoms with E-state index in [-0.39, 0.29) is 42.4 Å². The van der Waals surface area contributed by atoms with Crippen LogP contribution in [0.25, 0.3) is 0 Å². The summed E-state index contributed by atoms with van der Waals surface area (Å²) in [6.45, 7) is 8.18. The van der Waals surface area contributed by atoms with Gasteiger partial charge in [0.05, 0.1) is 38.7 Å². The Hall–Kier alpha value is -0.910. The Labute approximate surface area is 185 Å². The summed E-state index contributed by atoms with van der Waals surface area (Å²) in [5, 5.41) is 3.32. The van der Waals surface area contributed by atoms with Crippen LogP contribution in [0.4, 0.5) is 0 Å². The van der Waals surface area contributed by atoms with Crippen molar-refractivity contribution in [2.75, 3.05) is 58.0 Å². The first kappa shape index (κ1) is 25.1. The van der Waals surface area contributed by atoms with Gasteiger partial charge in [0.15, 0.2) is 5.96 Å². The first-order valence-electron chi connectivity index (χ1n) is 9.36. The normalized spacial score (nSPS) is 17.9. The van der Waals surface area contributed by atoms with Gasteiger partial charge in [0.25, 0.3) is 0 Å². The Kier molecular flexibility index (Phi) is 11.3. The van der Waals surface area contributed by atoms with E-state index in [0.717, 1.165) is 25.6 Å². The highest BCUT2D eigenvalue weighted by Gasteiger charge is 2.25. The van der Waals surface area contributed by atoms with Crippen LogP contribution in [0.1, 0.15) is 24.2 Å². The fourth-order valence-corrected chi connectivity index (χ4v) is 3.35. The SMILES string of the molecule is CCNC(=NCCOCCS(C)(=O)=O)N1CCOC(c2ccccc2C)C1.I. The Morgan fingerprint density at radius 2 is 2.11 bits per heavy atom. The lowest BCUT2D eigenvalue weighted by molar-refractivity contribution is -0.00836. The molecule has 1 atom stereocenters. The second kappa shape index (κ2) is 12.6. The monoisotopic (exact) mass is 525 g/mol. The molecule has 1 aliphatic rings. The number of hydrogen-bond acceptors (Lipinski definition) is 5. The zero-order valence-electron chi connectivity index (χ0n) is 16.9. The van der Waals surface area contributed by atoms with E-state index >= 15 is 0 Å². The van der Waals surface area contributed by atoms with E-state index in [2.05, 4.69) is 34.3 Å². The van der Waals surface area contributed by atoms with Crippen LogP contribution in [0.5, 0.6) is 0 Å². The molecule has 1 aromatic rings. The van der Waals surface area contributed by atoms with Crippen molar-refractivity contribution in [2.24, 2.45) is 4.99 Å². The lowest BCUT2D eigenvalue weighted by atomic mass is 10.0. The molecule has 0 bridgehead atoms. The van der Waals surface area contributed by atoms with E-state index in [4.69, 9.17) is 9.47 Å². The van der Waals surface area contributed by atoms with Gasteiger partial charge in [-0.25, -0.2) is 8.42 Å². The maximum absolute atomic E-state index is 11.1. The van der Waals surface area contributed by atoms with Crippen LogP contribution in [0.3, 0.4) is 0 Å². The summed E-state index contributed by atoms with van der Waals surface area (Å²) in [6.07, 6.45) is 1.23. The highest BCUT2D eigenvalue weighted by molar-refractivity contribution is 14.0. The molecule has 1 unspecified atom stereocenters. The number of nitrogens with zero attached hydrogens (tertiary/aromatic N) is 2. The smallest absolute Gasteiger partial charge is 0.194 e. The number of morpholine rings is 1. The summed E-state index contributed by atoms with van der Waals surface area (Å²) in [7, 11) is -2.98. The summed E-state index contributed by atoms with van der Waals surface area (Å²) in [6, 6.07) is 8.29. The van der Waals surface area contributed by atoms with Crippen molar-refractivity contribution in [3.05, 3.63) is 35.4 Å². The zero-order chi connectivity index (χ0) is 19.7. The molecule has 1 heterocycles. The molecule has 9 heteroatoms. The molecule has 1 N–H and O–H groups in total. The highest BCUT2D eigenvalue weighted by Crippen LogP contribution is 2.24. The van der Waals surface area contributed by atoms with Crippen LogP contribution < -0.4 is 5.32 Å². The van der Waals surface area contributed by atoms with E-state index in [1.807, 2.05) is 19.1 Å². The van der Waals surface area contributed by atoms with Gasteiger partial charge < -0.3 is 19.7 Å². The lowest BCUT2D eigenvalue weighted by Gasteiger charge is -2.35. The number of aryl methyl sites for hydroxylation is 1. The third kappa shape index (κ3) is 8.62. The molecule has 0 saturated carbocycles. The molecule has 28 heavy (non-hydrogen) atoms. The molecule has 0 spiro atoms. The van der Waals surface area contributed by atoms with Gasteiger partial charge in [-0.05, 0) is 25.0 Å². The first-order chi connectivity index (χ1) is 12.9. The minimum absolute atomic E-state index is 0. The van der Waals surface area contributed by atoms with Gasteiger partial charge in [-0.2, -0.15) is 0 Å². The van der Waals surface area contributed by atoms with Crippen molar-refractivity contribution in [1.29, 1.82) is 0 Å². The van der Waals surface area contributed by atoms with E-state index in [1.165, 1.54) is 17.4 Å². The fraction of sp³-hybridized carbons (Fsp3) is 0.632. The number of ether oxygens (including phenoxy) is 2. The summed E-state index contributed by atoms with van der Waals surface area (Å²) in [4.78, 5) is 6.83. The molecule has 160 valence electrons. The van der Waals surface area contributed by atoms with Crippen LogP contribution in [0.15, 0.2) is 29.3 Å². The molecule has 0 aromatic heterocycles. The number of sulfone groups is 1. The van der Waals surface area contributed by atoms with Crippen LogP contribution in [0, 0.1) is 6.92 Å². The third-order valence-electron chi connectivity index (χ3n) is 4.33. The predicted molar refractivity (Wildman–Crippen MR) is 123 cm³/mol. The average molecular weight is 525 g/mol. The Morgan fingerprint density at radius 1 is 1.36 bits per heavy atom. The number of guanidine groups is 1. The van der Waals surface area contributed by atoms with E-state index in [0.29, 0.717) is 19.8 Å². The minimum Gasteiger partial charge on any atom is -0.378 e. The number of aliphatic imine (C=N–C) groups is 1. The Morgan fingerprint density at radius 3 is 2.79 bits per heavy atom. The molecule has 7 nitrogen and oxygen atoms in total. The molecule has 1 aliphatic heterocycles. The number of hydrogen-bond donors (Lipinski definition) is 1. The topological polar surface area (TPSA) is 80.2 Å². The maximum Gasteiger partial charge on any atom is 0.194 e. The maximum atomic E-state index is 11.1. The molecule has 0 aliphatic carbocycles. The van der Waals surface area contributed by atoms with Gasteiger partial charge >= 0.3 is 0 Å². The third-order valence-corrected chi connectivity index (χ3v) is 5.24. The molecule has 2 rings (SSSR count). The Balaban J connectivity index is 0.00000392. The summed E-state index contributed by atoms with van der Waals surface area (Å²) >= 11 is 0. The van der Waals surface area contributed by atoms with Crippen molar-refractivity contribution >= 4 is 39.8 Å². The predicted octanol–water partition coefficient (Wildman–Crippen LogP) is 2.01. The van der Waals surface area contributed by atoms with Crippen LogP contribution >= 0.6 is 24.0 Å². The van der Waals surface area contributed by atoms with Crippen molar-refractivity contribution in [2.45, 2.75) is 20.0 Å². The zero-order valence-corrected chi connectivity index (χ0v) is 20.0. The quantitative estimate of drug-likeness (QED) is 0.242. The largest absolute Gasteiger partial charge is 0.378 e. The van der Waals surface area contributed by atoms with Crippen molar-refractivity contribution in [3.63, 3.8) is 0 Å². The lowest BCUT2D eigenvalue weighted by Crippen LogP contribution is -2.48. The molecular formula is C19H32IN3O4S. The fourth-order valence-electron chi connectivity index (χ4n) is 2.93. The number of benzene rings is 1. The molecular weight excluding hydrogens is 493 g/mol. The summed E-state index contributed by atoms with van der Waals surface area (Å²) in [5.74, 6) is 0.879. The number of halogens is 1. The summed E-state index contributed by atoms with van der Waals surface area (Å²) < 4.78 is 33.6. The van der Waals surface area contributed by atoms with Gasteiger partial charge in [-0.1, -0.05) is 24.3 Å². The second-order valence-electron chi connectivity index (χ2n) is 6.64. The van der Waals surface area contributed by atoms with Crippen LogP contribution in [-0.4, -0.2) is 77.3 Å². The number of nitrogens with one attached hydrogen (secondary N) is 1. The van der Waals surface area contributed by atoms with Crippen molar-refractivity contribution < 1.29 is 17.9 Å². The van der Waals surface area contributed by atoms with Gasteiger partial charge in [0.2, 0.25) is 0 Å². The second-order valence-corrected chi connectivity index (χ2v) is 8.90. The average Bonchev–Trinajstić information content (AvgIpc) is 2.63. The van der Waals surface area contributed by atoms with E-state index in [9.17, 15) is 8.42 Å². The van der Waals surface area contributed by atoms with Crippen LogP contribution in [-0.2, 0) is 19.3 Å². The van der Waals surface area contributed by atoms with Gasteiger partial charge in [0, 0.05) is 19.3 Å². The van der Waals surface area contributed by atoms with Crippen LogP contribution in [0.2, 0.25) is 0 Å². The Bertz CT molecular complexity index is 728. The molecule has 0 amide bonds. The molecule has 1 fully saturated rings. The number of rotatable bonds is 8.